The lowest BCUT2D eigenvalue weighted by atomic mass is 10.0. The summed E-state index contributed by atoms with van der Waals surface area (Å²) in [5.41, 5.74) is 8.63. The second-order valence-electron chi connectivity index (χ2n) is 3.91. The Hall–Kier alpha value is -1.67. The van der Waals surface area contributed by atoms with E-state index in [1.165, 1.54) is 11.1 Å². The summed E-state index contributed by atoms with van der Waals surface area (Å²) < 4.78 is 0. The van der Waals surface area contributed by atoms with Crippen LogP contribution in [0.5, 0.6) is 0 Å². The van der Waals surface area contributed by atoms with Crippen LogP contribution in [0.2, 0.25) is 0 Å². The van der Waals surface area contributed by atoms with E-state index in [4.69, 9.17) is 5.73 Å². The van der Waals surface area contributed by atoms with Gasteiger partial charge >= 0.3 is 0 Å². The van der Waals surface area contributed by atoms with E-state index in [1.807, 2.05) is 42.7 Å². The highest BCUT2D eigenvalue weighted by molar-refractivity contribution is 5.19. The summed E-state index contributed by atoms with van der Waals surface area (Å²) in [5.74, 6) is 0. The van der Waals surface area contributed by atoms with Gasteiger partial charge in [-0.1, -0.05) is 30.3 Å². The van der Waals surface area contributed by atoms with Crippen molar-refractivity contribution in [3.05, 3.63) is 66.0 Å². The van der Waals surface area contributed by atoms with Crippen LogP contribution >= 0.6 is 0 Å². The summed E-state index contributed by atoms with van der Waals surface area (Å²) in [5, 5.41) is 0. The van der Waals surface area contributed by atoms with Gasteiger partial charge in [0.15, 0.2) is 0 Å². The summed E-state index contributed by atoms with van der Waals surface area (Å²) in [7, 11) is 0. The summed E-state index contributed by atoms with van der Waals surface area (Å²) >= 11 is 0. The molecule has 0 spiro atoms. The second kappa shape index (κ2) is 5.42. The molecule has 1 aromatic heterocycles. The van der Waals surface area contributed by atoms with Crippen LogP contribution in [0, 0.1) is 0 Å². The standard InChI is InChI=1S/C14H16N2/c15-14(13-4-2-1-3-5-13)7-6-12-8-10-16-11-9-12/h1-5,8-11,14H,6-7,15H2. The molecule has 0 aliphatic rings. The minimum Gasteiger partial charge on any atom is -0.324 e. The van der Waals surface area contributed by atoms with Crippen LogP contribution in [-0.4, -0.2) is 4.98 Å². The Labute approximate surface area is 96.1 Å². The molecule has 2 N–H and O–H groups in total. The van der Waals surface area contributed by atoms with Crippen LogP contribution in [0.25, 0.3) is 0 Å². The molecule has 2 nitrogen and oxygen atoms in total. The third-order valence-electron chi connectivity index (χ3n) is 2.72. The van der Waals surface area contributed by atoms with Crippen molar-refractivity contribution in [2.75, 3.05) is 0 Å². The van der Waals surface area contributed by atoms with Crippen LogP contribution in [-0.2, 0) is 6.42 Å². The lowest BCUT2D eigenvalue weighted by Crippen LogP contribution is -2.11. The van der Waals surface area contributed by atoms with E-state index in [-0.39, 0.29) is 6.04 Å². The van der Waals surface area contributed by atoms with E-state index in [0.717, 1.165) is 12.8 Å². The molecule has 16 heavy (non-hydrogen) atoms. The van der Waals surface area contributed by atoms with Gasteiger partial charge < -0.3 is 5.73 Å². The maximum absolute atomic E-state index is 6.13. The number of pyridine rings is 1. The average Bonchev–Trinajstić information content (AvgIpc) is 2.38. The van der Waals surface area contributed by atoms with Crippen molar-refractivity contribution >= 4 is 0 Å². The monoisotopic (exact) mass is 212 g/mol. The molecule has 1 aromatic carbocycles. The zero-order valence-electron chi connectivity index (χ0n) is 9.21. The van der Waals surface area contributed by atoms with Gasteiger partial charge in [0.1, 0.15) is 0 Å². The molecule has 1 heterocycles. The lowest BCUT2D eigenvalue weighted by Gasteiger charge is -2.11. The number of aromatic nitrogens is 1. The molecule has 0 amide bonds. The molecule has 1 atom stereocenters. The van der Waals surface area contributed by atoms with Crippen molar-refractivity contribution in [3.63, 3.8) is 0 Å². The number of benzene rings is 1. The number of rotatable bonds is 4. The summed E-state index contributed by atoms with van der Waals surface area (Å²) in [6.07, 6.45) is 5.61. The van der Waals surface area contributed by atoms with E-state index in [0.29, 0.717) is 0 Å². The molecule has 0 bridgehead atoms. The molecule has 0 saturated carbocycles. The lowest BCUT2D eigenvalue weighted by molar-refractivity contribution is 0.651. The third kappa shape index (κ3) is 2.91. The SMILES string of the molecule is NC(CCc1ccncc1)c1ccccc1. The number of hydrogen-bond donors (Lipinski definition) is 1. The van der Waals surface area contributed by atoms with Crippen LogP contribution in [0.3, 0.4) is 0 Å². The van der Waals surface area contributed by atoms with Gasteiger partial charge in [0.2, 0.25) is 0 Å². The summed E-state index contributed by atoms with van der Waals surface area (Å²) in [4.78, 5) is 4.00. The molecule has 0 radical (unpaired) electrons. The van der Waals surface area contributed by atoms with Gasteiger partial charge in [0.05, 0.1) is 0 Å². The molecule has 0 saturated heterocycles. The number of nitrogens with two attached hydrogens (primary N) is 1. The number of aryl methyl sites for hydroxylation is 1. The Morgan fingerprint density at radius 1 is 1.00 bits per heavy atom. The zero-order valence-corrected chi connectivity index (χ0v) is 9.21. The Balaban J connectivity index is 1.92. The smallest absolute Gasteiger partial charge is 0.0298 e. The van der Waals surface area contributed by atoms with Crippen LogP contribution in [0.1, 0.15) is 23.6 Å². The molecule has 1 unspecified atom stereocenters. The maximum atomic E-state index is 6.13. The van der Waals surface area contributed by atoms with Gasteiger partial charge in [-0.2, -0.15) is 0 Å². The van der Waals surface area contributed by atoms with E-state index in [1.54, 1.807) is 0 Å². The van der Waals surface area contributed by atoms with Crippen LogP contribution in [0.4, 0.5) is 0 Å². The van der Waals surface area contributed by atoms with Crippen molar-refractivity contribution in [2.24, 2.45) is 5.73 Å². The fourth-order valence-corrected chi connectivity index (χ4v) is 1.74. The van der Waals surface area contributed by atoms with Gasteiger partial charge in [-0.25, -0.2) is 0 Å². The van der Waals surface area contributed by atoms with E-state index >= 15 is 0 Å². The van der Waals surface area contributed by atoms with Gasteiger partial charge in [-0.15, -0.1) is 0 Å². The van der Waals surface area contributed by atoms with Gasteiger partial charge in [0, 0.05) is 18.4 Å². The van der Waals surface area contributed by atoms with Crippen molar-refractivity contribution in [2.45, 2.75) is 18.9 Å². The predicted octanol–water partition coefficient (Wildman–Crippen LogP) is 2.71. The normalized spacial score (nSPS) is 12.3. The summed E-state index contributed by atoms with van der Waals surface area (Å²) in [6.45, 7) is 0. The van der Waals surface area contributed by atoms with Crippen molar-refractivity contribution in [1.29, 1.82) is 0 Å². The number of hydrogen-bond acceptors (Lipinski definition) is 2. The number of nitrogens with zero attached hydrogens (tertiary/aromatic N) is 1. The van der Waals surface area contributed by atoms with Crippen LogP contribution in [0.15, 0.2) is 54.9 Å². The zero-order chi connectivity index (χ0) is 11.2. The molecule has 82 valence electrons. The van der Waals surface area contributed by atoms with E-state index in [9.17, 15) is 0 Å². The Morgan fingerprint density at radius 2 is 1.69 bits per heavy atom. The van der Waals surface area contributed by atoms with Gasteiger partial charge in [-0.05, 0) is 36.1 Å². The van der Waals surface area contributed by atoms with E-state index in [2.05, 4.69) is 17.1 Å². The highest BCUT2D eigenvalue weighted by Crippen LogP contribution is 2.15. The predicted molar refractivity (Wildman–Crippen MR) is 65.9 cm³/mol. The Bertz CT molecular complexity index is 411. The fraction of sp³-hybridized carbons (Fsp3) is 0.214. The molecular weight excluding hydrogens is 196 g/mol. The molecule has 2 rings (SSSR count). The molecule has 0 aliphatic carbocycles. The Kier molecular flexibility index (Phi) is 3.67. The van der Waals surface area contributed by atoms with Crippen molar-refractivity contribution < 1.29 is 0 Å². The largest absolute Gasteiger partial charge is 0.324 e. The van der Waals surface area contributed by atoms with Crippen molar-refractivity contribution in [1.82, 2.24) is 4.98 Å². The van der Waals surface area contributed by atoms with Gasteiger partial charge in [0.25, 0.3) is 0 Å². The van der Waals surface area contributed by atoms with E-state index < -0.39 is 0 Å². The van der Waals surface area contributed by atoms with Gasteiger partial charge in [-0.3, -0.25) is 4.98 Å². The quantitative estimate of drug-likeness (QED) is 0.846. The fourth-order valence-electron chi connectivity index (χ4n) is 1.74. The second-order valence-corrected chi connectivity index (χ2v) is 3.91. The molecule has 2 aromatic rings. The first-order chi connectivity index (χ1) is 7.86. The topological polar surface area (TPSA) is 38.9 Å². The average molecular weight is 212 g/mol. The van der Waals surface area contributed by atoms with Crippen LogP contribution < -0.4 is 5.73 Å². The first kappa shape index (κ1) is 10.8. The summed E-state index contributed by atoms with van der Waals surface area (Å²) in [6, 6.07) is 14.4. The minimum atomic E-state index is 0.120. The molecule has 2 heteroatoms. The molecule has 0 fully saturated rings. The third-order valence-corrected chi connectivity index (χ3v) is 2.72. The van der Waals surface area contributed by atoms with Crippen molar-refractivity contribution in [3.8, 4) is 0 Å². The maximum Gasteiger partial charge on any atom is 0.0298 e. The Morgan fingerprint density at radius 3 is 2.38 bits per heavy atom. The highest BCUT2D eigenvalue weighted by Gasteiger charge is 2.04. The molecule has 0 aliphatic heterocycles. The first-order valence-corrected chi connectivity index (χ1v) is 5.55. The highest BCUT2D eigenvalue weighted by atomic mass is 14.6. The first-order valence-electron chi connectivity index (χ1n) is 5.55. The molecular formula is C14H16N2. The minimum absolute atomic E-state index is 0.120.